The van der Waals surface area contributed by atoms with Crippen LogP contribution < -0.4 is 14.8 Å². The fraction of sp³-hybridized carbons (Fsp3) is 0.300. The van der Waals surface area contributed by atoms with Gasteiger partial charge in [-0.1, -0.05) is 6.07 Å². The summed E-state index contributed by atoms with van der Waals surface area (Å²) in [4.78, 5) is 3.20. The lowest BCUT2D eigenvalue weighted by atomic mass is 10.0. The number of aromatic nitrogens is 1. The van der Waals surface area contributed by atoms with E-state index in [1.807, 2.05) is 24.4 Å². The van der Waals surface area contributed by atoms with E-state index >= 15 is 0 Å². The summed E-state index contributed by atoms with van der Waals surface area (Å²) < 4.78 is 24.8. The molecule has 1 aromatic heterocycles. The summed E-state index contributed by atoms with van der Waals surface area (Å²) in [5, 5.41) is 4.50. The average molecular weight is 340 g/mol. The molecule has 0 fully saturated rings. The molecule has 0 saturated heterocycles. The number of aromatic amines is 1. The van der Waals surface area contributed by atoms with Crippen molar-refractivity contribution in [3.8, 4) is 11.5 Å². The summed E-state index contributed by atoms with van der Waals surface area (Å²) in [7, 11) is 1.68. The first kappa shape index (κ1) is 16.0. The Balaban J connectivity index is 1.40. The number of hydrogen-bond acceptors (Lipinski definition) is 3. The van der Waals surface area contributed by atoms with Gasteiger partial charge in [0.1, 0.15) is 23.9 Å². The third-order valence-corrected chi connectivity index (χ3v) is 4.76. The Hall–Kier alpha value is -2.53. The van der Waals surface area contributed by atoms with Gasteiger partial charge in [-0.3, -0.25) is 0 Å². The van der Waals surface area contributed by atoms with Gasteiger partial charge in [0, 0.05) is 28.7 Å². The van der Waals surface area contributed by atoms with E-state index in [9.17, 15) is 4.39 Å². The predicted octanol–water partition coefficient (Wildman–Crippen LogP) is 3.45. The van der Waals surface area contributed by atoms with Gasteiger partial charge in [0.2, 0.25) is 0 Å². The van der Waals surface area contributed by atoms with Gasteiger partial charge >= 0.3 is 0 Å². The first-order valence-corrected chi connectivity index (χ1v) is 8.52. The van der Waals surface area contributed by atoms with Crippen LogP contribution in [0, 0.1) is 5.82 Å². The number of halogens is 1. The van der Waals surface area contributed by atoms with Gasteiger partial charge in [0.15, 0.2) is 0 Å². The maximum Gasteiger partial charge on any atom is 0.126 e. The summed E-state index contributed by atoms with van der Waals surface area (Å²) in [6, 6.07) is 11.0. The number of nitrogens with one attached hydrogen (secondary N) is 2. The van der Waals surface area contributed by atoms with Gasteiger partial charge in [-0.2, -0.15) is 0 Å². The van der Waals surface area contributed by atoms with Crippen LogP contribution in [0.5, 0.6) is 11.5 Å². The SMILES string of the molecule is COc1cccc2c1CC(NCCc1c[nH]c3ccc(F)cc13)CO2. The average Bonchev–Trinajstić information content (AvgIpc) is 3.03. The van der Waals surface area contributed by atoms with Crippen molar-refractivity contribution in [3.05, 3.63) is 59.5 Å². The van der Waals surface area contributed by atoms with Crippen LogP contribution in [-0.2, 0) is 12.8 Å². The van der Waals surface area contributed by atoms with E-state index in [-0.39, 0.29) is 11.9 Å². The van der Waals surface area contributed by atoms with Crippen LogP contribution >= 0.6 is 0 Å². The molecule has 4 rings (SSSR count). The number of fused-ring (bicyclic) bond motifs is 2. The molecule has 0 radical (unpaired) electrons. The highest BCUT2D eigenvalue weighted by Gasteiger charge is 2.22. The van der Waals surface area contributed by atoms with Crippen LogP contribution in [0.2, 0.25) is 0 Å². The molecule has 0 aliphatic carbocycles. The quantitative estimate of drug-likeness (QED) is 0.748. The zero-order valence-corrected chi connectivity index (χ0v) is 14.1. The van der Waals surface area contributed by atoms with E-state index in [0.29, 0.717) is 6.61 Å². The van der Waals surface area contributed by atoms with Crippen LogP contribution in [0.15, 0.2) is 42.6 Å². The Morgan fingerprint density at radius 2 is 2.24 bits per heavy atom. The zero-order chi connectivity index (χ0) is 17.2. The molecule has 2 aromatic carbocycles. The van der Waals surface area contributed by atoms with Crippen LogP contribution in [0.4, 0.5) is 4.39 Å². The summed E-state index contributed by atoms with van der Waals surface area (Å²) >= 11 is 0. The van der Waals surface area contributed by atoms with E-state index < -0.39 is 0 Å². The minimum atomic E-state index is -0.203. The van der Waals surface area contributed by atoms with Crippen LogP contribution in [0.3, 0.4) is 0 Å². The Kier molecular flexibility index (Phi) is 4.32. The molecule has 1 aliphatic heterocycles. The first-order chi connectivity index (χ1) is 12.2. The smallest absolute Gasteiger partial charge is 0.126 e. The molecular formula is C20H21FN2O2. The van der Waals surface area contributed by atoms with E-state index in [4.69, 9.17) is 9.47 Å². The van der Waals surface area contributed by atoms with Gasteiger partial charge in [-0.25, -0.2) is 4.39 Å². The van der Waals surface area contributed by atoms with Gasteiger partial charge in [0.25, 0.3) is 0 Å². The second-order valence-electron chi connectivity index (χ2n) is 6.36. The largest absolute Gasteiger partial charge is 0.496 e. The highest BCUT2D eigenvalue weighted by molar-refractivity contribution is 5.83. The molecule has 2 heterocycles. The number of ether oxygens (including phenoxy) is 2. The number of rotatable bonds is 5. The van der Waals surface area contributed by atoms with Crippen molar-refractivity contribution in [2.24, 2.45) is 0 Å². The molecule has 3 aromatic rings. The Morgan fingerprint density at radius 3 is 3.12 bits per heavy atom. The third kappa shape index (κ3) is 3.20. The molecule has 0 amide bonds. The Bertz CT molecular complexity index is 876. The molecular weight excluding hydrogens is 319 g/mol. The molecule has 130 valence electrons. The lowest BCUT2D eigenvalue weighted by molar-refractivity contribution is 0.235. The molecule has 1 atom stereocenters. The van der Waals surface area contributed by atoms with Crippen molar-refractivity contribution in [2.75, 3.05) is 20.3 Å². The predicted molar refractivity (Wildman–Crippen MR) is 95.9 cm³/mol. The zero-order valence-electron chi connectivity index (χ0n) is 14.1. The summed E-state index contributed by atoms with van der Waals surface area (Å²) in [5.74, 6) is 1.58. The highest BCUT2D eigenvalue weighted by atomic mass is 19.1. The van der Waals surface area contributed by atoms with E-state index in [1.54, 1.807) is 19.2 Å². The molecule has 0 saturated carbocycles. The molecule has 4 nitrogen and oxygen atoms in total. The van der Waals surface area contributed by atoms with Crippen LogP contribution in [0.25, 0.3) is 10.9 Å². The van der Waals surface area contributed by atoms with Gasteiger partial charge in [-0.05, 0) is 55.3 Å². The second kappa shape index (κ2) is 6.76. The van der Waals surface area contributed by atoms with Crippen molar-refractivity contribution < 1.29 is 13.9 Å². The Morgan fingerprint density at radius 1 is 1.32 bits per heavy atom. The molecule has 0 bridgehead atoms. The van der Waals surface area contributed by atoms with Crippen LogP contribution in [0.1, 0.15) is 11.1 Å². The minimum Gasteiger partial charge on any atom is -0.496 e. The number of methoxy groups -OCH3 is 1. The summed E-state index contributed by atoms with van der Waals surface area (Å²) in [5.41, 5.74) is 3.20. The molecule has 1 aliphatic rings. The van der Waals surface area contributed by atoms with Crippen molar-refractivity contribution in [1.29, 1.82) is 0 Å². The molecule has 1 unspecified atom stereocenters. The molecule has 25 heavy (non-hydrogen) atoms. The highest BCUT2D eigenvalue weighted by Crippen LogP contribution is 2.32. The van der Waals surface area contributed by atoms with Crippen molar-refractivity contribution in [1.82, 2.24) is 10.3 Å². The van der Waals surface area contributed by atoms with Crippen molar-refractivity contribution in [2.45, 2.75) is 18.9 Å². The normalized spacial score (nSPS) is 16.5. The standard InChI is InChI=1S/C20H21FN2O2/c1-24-19-3-2-4-20-17(19)10-15(12-25-20)22-8-7-13-11-23-18-6-5-14(21)9-16(13)18/h2-6,9,11,15,22-23H,7-8,10,12H2,1H3. The second-order valence-corrected chi connectivity index (χ2v) is 6.36. The fourth-order valence-electron chi connectivity index (χ4n) is 3.47. The lowest BCUT2D eigenvalue weighted by Gasteiger charge is -2.27. The van der Waals surface area contributed by atoms with Gasteiger partial charge in [-0.15, -0.1) is 0 Å². The first-order valence-electron chi connectivity index (χ1n) is 8.52. The fourth-order valence-corrected chi connectivity index (χ4v) is 3.47. The molecule has 2 N–H and O–H groups in total. The molecule has 0 spiro atoms. The number of H-pyrrole nitrogens is 1. The monoisotopic (exact) mass is 340 g/mol. The van der Waals surface area contributed by atoms with E-state index in [0.717, 1.165) is 52.9 Å². The van der Waals surface area contributed by atoms with Crippen LogP contribution in [-0.4, -0.2) is 31.3 Å². The maximum atomic E-state index is 13.5. The molecule has 5 heteroatoms. The van der Waals surface area contributed by atoms with Crippen molar-refractivity contribution >= 4 is 10.9 Å². The maximum absolute atomic E-state index is 13.5. The third-order valence-electron chi connectivity index (χ3n) is 4.76. The summed E-state index contributed by atoms with van der Waals surface area (Å²) in [6.45, 7) is 1.45. The van der Waals surface area contributed by atoms with Gasteiger partial charge < -0.3 is 19.8 Å². The Labute approximate surface area is 146 Å². The van der Waals surface area contributed by atoms with E-state index in [1.165, 1.54) is 6.07 Å². The summed E-state index contributed by atoms with van der Waals surface area (Å²) in [6.07, 6.45) is 3.67. The number of hydrogen-bond donors (Lipinski definition) is 2. The van der Waals surface area contributed by atoms with E-state index in [2.05, 4.69) is 10.3 Å². The topological polar surface area (TPSA) is 46.3 Å². The minimum absolute atomic E-state index is 0.203. The van der Waals surface area contributed by atoms with Gasteiger partial charge in [0.05, 0.1) is 7.11 Å². The lowest BCUT2D eigenvalue weighted by Crippen LogP contribution is -2.40. The van der Waals surface area contributed by atoms with Crippen molar-refractivity contribution in [3.63, 3.8) is 0 Å². The number of benzene rings is 2.